The lowest BCUT2D eigenvalue weighted by molar-refractivity contribution is 0.0827. The second-order valence-electron chi connectivity index (χ2n) is 3.07. The third-order valence-electron chi connectivity index (χ3n) is 1.81. The van der Waals surface area contributed by atoms with Crippen molar-refractivity contribution in [1.82, 2.24) is 4.90 Å². The molecule has 1 rings (SSSR count). The van der Waals surface area contributed by atoms with Crippen molar-refractivity contribution in [2.75, 3.05) is 14.1 Å². The van der Waals surface area contributed by atoms with E-state index < -0.39 is 0 Å². The third kappa shape index (κ3) is 2.10. The van der Waals surface area contributed by atoms with E-state index in [1.54, 1.807) is 26.2 Å². The largest absolute Gasteiger partial charge is 0.345 e. The van der Waals surface area contributed by atoms with Crippen LogP contribution in [0.4, 0.5) is 0 Å². The molecule has 1 aromatic carbocycles. The lowest BCUT2D eigenvalue weighted by Crippen LogP contribution is -2.22. The van der Waals surface area contributed by atoms with Crippen LogP contribution < -0.4 is 5.84 Å². The van der Waals surface area contributed by atoms with Crippen molar-refractivity contribution >= 4 is 12.1 Å². The molecule has 0 spiro atoms. The molecule has 2 N–H and O–H groups in total. The Labute approximate surface area is 83.0 Å². The fourth-order valence-corrected chi connectivity index (χ4v) is 1.13. The van der Waals surface area contributed by atoms with Gasteiger partial charge in [0.05, 0.1) is 6.21 Å². The quantitative estimate of drug-likeness (QED) is 0.424. The molecule has 0 heterocycles. The van der Waals surface area contributed by atoms with Crippen LogP contribution in [-0.2, 0) is 0 Å². The molecule has 0 radical (unpaired) electrons. The molecule has 0 unspecified atom stereocenters. The second kappa shape index (κ2) is 4.41. The van der Waals surface area contributed by atoms with Crippen molar-refractivity contribution in [3.63, 3.8) is 0 Å². The minimum Gasteiger partial charge on any atom is -0.345 e. The highest BCUT2D eigenvalue weighted by Crippen LogP contribution is 2.08. The van der Waals surface area contributed by atoms with E-state index in [4.69, 9.17) is 5.84 Å². The number of amides is 1. The Balaban J connectivity index is 3.13. The Morgan fingerprint density at radius 1 is 1.43 bits per heavy atom. The van der Waals surface area contributed by atoms with Crippen LogP contribution in [0.1, 0.15) is 15.9 Å². The summed E-state index contributed by atoms with van der Waals surface area (Å²) in [5, 5.41) is 3.41. The number of nitrogens with zero attached hydrogens (tertiary/aromatic N) is 2. The number of hydrazone groups is 1. The summed E-state index contributed by atoms with van der Waals surface area (Å²) in [6.07, 6.45) is 1.47. The molecule has 4 nitrogen and oxygen atoms in total. The molecule has 14 heavy (non-hydrogen) atoms. The molecule has 0 saturated heterocycles. The van der Waals surface area contributed by atoms with Gasteiger partial charge in [-0.3, -0.25) is 4.79 Å². The maximum absolute atomic E-state index is 11.7. The summed E-state index contributed by atoms with van der Waals surface area (Å²) in [5.41, 5.74) is 1.33. The average molecular weight is 191 g/mol. The molecular weight excluding hydrogens is 178 g/mol. The molecule has 0 aliphatic carbocycles. The number of rotatable bonds is 2. The Morgan fingerprint density at radius 3 is 2.64 bits per heavy atom. The van der Waals surface area contributed by atoms with E-state index in [2.05, 4.69) is 5.10 Å². The highest BCUT2D eigenvalue weighted by Gasteiger charge is 2.10. The van der Waals surface area contributed by atoms with Gasteiger partial charge in [-0.2, -0.15) is 5.10 Å². The van der Waals surface area contributed by atoms with Gasteiger partial charge in [-0.05, 0) is 6.07 Å². The molecule has 0 bridgehead atoms. The number of carbonyl (C=O) groups excluding carboxylic acids is 1. The van der Waals surface area contributed by atoms with Crippen molar-refractivity contribution in [1.29, 1.82) is 0 Å². The minimum atomic E-state index is -0.0551. The van der Waals surface area contributed by atoms with Crippen molar-refractivity contribution < 1.29 is 4.79 Å². The Morgan fingerprint density at radius 2 is 2.07 bits per heavy atom. The zero-order chi connectivity index (χ0) is 10.6. The smallest absolute Gasteiger partial charge is 0.254 e. The third-order valence-corrected chi connectivity index (χ3v) is 1.81. The highest BCUT2D eigenvalue weighted by molar-refractivity contribution is 6.02. The average Bonchev–Trinajstić information content (AvgIpc) is 2.18. The zero-order valence-electron chi connectivity index (χ0n) is 8.27. The fraction of sp³-hybridized carbons (Fsp3) is 0.200. The van der Waals surface area contributed by atoms with Gasteiger partial charge in [-0.1, -0.05) is 18.2 Å². The van der Waals surface area contributed by atoms with Gasteiger partial charge in [0, 0.05) is 25.2 Å². The van der Waals surface area contributed by atoms with E-state index in [9.17, 15) is 4.79 Å². The number of hydrogen-bond acceptors (Lipinski definition) is 3. The number of nitrogens with two attached hydrogens (primary N) is 1. The summed E-state index contributed by atoms with van der Waals surface area (Å²) >= 11 is 0. The molecule has 0 atom stereocenters. The Bertz CT molecular complexity index is 358. The summed E-state index contributed by atoms with van der Waals surface area (Å²) in [5.74, 6) is 5.00. The SMILES string of the molecule is CN(C)C(=O)c1ccccc1/C=N/N. The van der Waals surface area contributed by atoms with Crippen molar-refractivity contribution in [2.24, 2.45) is 10.9 Å². The molecule has 0 aliphatic rings. The van der Waals surface area contributed by atoms with Gasteiger partial charge >= 0.3 is 0 Å². The van der Waals surface area contributed by atoms with Crippen LogP contribution in [-0.4, -0.2) is 31.1 Å². The van der Waals surface area contributed by atoms with Crippen LogP contribution in [0.2, 0.25) is 0 Å². The lowest BCUT2D eigenvalue weighted by atomic mass is 10.1. The summed E-state index contributed by atoms with van der Waals surface area (Å²) in [6, 6.07) is 7.19. The maximum atomic E-state index is 11.7. The van der Waals surface area contributed by atoms with Crippen LogP contribution >= 0.6 is 0 Å². The van der Waals surface area contributed by atoms with Crippen molar-refractivity contribution in [3.05, 3.63) is 35.4 Å². The van der Waals surface area contributed by atoms with Gasteiger partial charge < -0.3 is 10.7 Å². The molecule has 1 aromatic rings. The van der Waals surface area contributed by atoms with E-state index in [0.29, 0.717) is 5.56 Å². The normalized spacial score (nSPS) is 10.4. The molecule has 0 aliphatic heterocycles. The number of carbonyl (C=O) groups is 1. The van der Waals surface area contributed by atoms with Crippen LogP contribution in [0.15, 0.2) is 29.4 Å². The summed E-state index contributed by atoms with van der Waals surface area (Å²) in [7, 11) is 3.41. The van der Waals surface area contributed by atoms with Gasteiger partial charge in [0.1, 0.15) is 0 Å². The predicted molar refractivity (Wildman–Crippen MR) is 56.2 cm³/mol. The van der Waals surface area contributed by atoms with Gasteiger partial charge in [0.15, 0.2) is 0 Å². The fourth-order valence-electron chi connectivity index (χ4n) is 1.13. The summed E-state index contributed by atoms with van der Waals surface area (Å²) in [6.45, 7) is 0. The first-order valence-corrected chi connectivity index (χ1v) is 4.20. The van der Waals surface area contributed by atoms with E-state index >= 15 is 0 Å². The summed E-state index contributed by atoms with van der Waals surface area (Å²) < 4.78 is 0. The predicted octanol–water partition coefficient (Wildman–Crippen LogP) is 0.681. The van der Waals surface area contributed by atoms with E-state index in [-0.39, 0.29) is 5.91 Å². The second-order valence-corrected chi connectivity index (χ2v) is 3.07. The first-order valence-electron chi connectivity index (χ1n) is 4.20. The first kappa shape index (κ1) is 10.2. The topological polar surface area (TPSA) is 58.7 Å². The molecule has 4 heteroatoms. The monoisotopic (exact) mass is 191 g/mol. The van der Waals surface area contributed by atoms with E-state index in [0.717, 1.165) is 5.56 Å². The lowest BCUT2D eigenvalue weighted by Gasteiger charge is -2.11. The highest BCUT2D eigenvalue weighted by atomic mass is 16.2. The number of hydrogen-bond donors (Lipinski definition) is 1. The Kier molecular flexibility index (Phi) is 3.23. The molecular formula is C10H13N3O. The molecule has 1 amide bonds. The van der Waals surface area contributed by atoms with Gasteiger partial charge in [0.2, 0.25) is 0 Å². The molecule has 74 valence electrons. The van der Waals surface area contributed by atoms with Gasteiger partial charge in [-0.15, -0.1) is 0 Å². The minimum absolute atomic E-state index is 0.0551. The van der Waals surface area contributed by atoms with Crippen molar-refractivity contribution in [2.45, 2.75) is 0 Å². The summed E-state index contributed by atoms with van der Waals surface area (Å²) in [4.78, 5) is 13.2. The molecule has 0 saturated carbocycles. The van der Waals surface area contributed by atoms with Crippen LogP contribution in [0.5, 0.6) is 0 Å². The maximum Gasteiger partial charge on any atom is 0.254 e. The van der Waals surface area contributed by atoms with Gasteiger partial charge in [0.25, 0.3) is 5.91 Å². The number of benzene rings is 1. The zero-order valence-corrected chi connectivity index (χ0v) is 8.27. The first-order chi connectivity index (χ1) is 6.66. The Hall–Kier alpha value is -1.84. The van der Waals surface area contributed by atoms with Crippen LogP contribution in [0.25, 0.3) is 0 Å². The standard InChI is InChI=1S/C10H13N3O/c1-13(2)10(14)9-6-4-3-5-8(9)7-12-11/h3-7H,11H2,1-2H3/b12-7+. The van der Waals surface area contributed by atoms with E-state index in [1.807, 2.05) is 12.1 Å². The van der Waals surface area contributed by atoms with Crippen LogP contribution in [0, 0.1) is 0 Å². The van der Waals surface area contributed by atoms with Crippen LogP contribution in [0.3, 0.4) is 0 Å². The van der Waals surface area contributed by atoms with Crippen molar-refractivity contribution in [3.8, 4) is 0 Å². The molecule has 0 fully saturated rings. The molecule has 0 aromatic heterocycles. The van der Waals surface area contributed by atoms with Gasteiger partial charge in [-0.25, -0.2) is 0 Å². The van der Waals surface area contributed by atoms with E-state index in [1.165, 1.54) is 11.1 Å².